The van der Waals surface area contributed by atoms with E-state index < -0.39 is 18.2 Å². The van der Waals surface area contributed by atoms with E-state index in [1.54, 1.807) is 25.2 Å². The zero-order chi connectivity index (χ0) is 21.7. The molecule has 0 amide bonds. The summed E-state index contributed by atoms with van der Waals surface area (Å²) >= 11 is 6.39. The Labute approximate surface area is 174 Å². The highest BCUT2D eigenvalue weighted by molar-refractivity contribution is 6.36. The molecule has 0 aliphatic carbocycles. The van der Waals surface area contributed by atoms with Crippen molar-refractivity contribution < 1.29 is 23.0 Å². The molecule has 1 atom stereocenters. The Bertz CT molecular complexity index is 1100. The van der Waals surface area contributed by atoms with Crippen LogP contribution in [0.1, 0.15) is 16.8 Å². The van der Waals surface area contributed by atoms with Gasteiger partial charge in [0.25, 0.3) is 0 Å². The maximum atomic E-state index is 13.1. The van der Waals surface area contributed by atoms with Crippen molar-refractivity contribution in [3.8, 4) is 5.88 Å². The van der Waals surface area contributed by atoms with Gasteiger partial charge in [-0.1, -0.05) is 22.9 Å². The Balaban J connectivity index is 1.91. The van der Waals surface area contributed by atoms with Crippen LogP contribution in [0.2, 0.25) is 5.02 Å². The third-order valence-corrected chi connectivity index (χ3v) is 5.90. The number of alkyl halides is 3. The summed E-state index contributed by atoms with van der Waals surface area (Å²) in [4.78, 5) is 4.19. The van der Waals surface area contributed by atoms with Gasteiger partial charge in [0.15, 0.2) is 0 Å². The molecule has 7 nitrogen and oxygen atoms in total. The number of hydrogen-bond donors (Lipinski definition) is 2. The molecule has 1 saturated heterocycles. The number of benzene rings is 1. The molecule has 0 bridgehead atoms. The summed E-state index contributed by atoms with van der Waals surface area (Å²) in [5.41, 5.74) is -0.387. The van der Waals surface area contributed by atoms with Crippen LogP contribution in [0.3, 0.4) is 0 Å². The first-order chi connectivity index (χ1) is 14.1. The van der Waals surface area contributed by atoms with Gasteiger partial charge in [-0.3, -0.25) is 0 Å². The SMILES string of the molecule is COc1nc2ccc(C(O)(c3cnnn3C)C3CNC3)cc2c(Cl)c1CC(F)(F)F. The van der Waals surface area contributed by atoms with Gasteiger partial charge in [-0.15, -0.1) is 5.10 Å². The van der Waals surface area contributed by atoms with Crippen LogP contribution in [0.4, 0.5) is 13.2 Å². The van der Waals surface area contributed by atoms with E-state index in [1.165, 1.54) is 18.0 Å². The number of ether oxygens (including phenoxy) is 1. The van der Waals surface area contributed by atoms with E-state index in [0.717, 1.165) is 0 Å². The number of hydrogen-bond acceptors (Lipinski definition) is 6. The van der Waals surface area contributed by atoms with Crippen molar-refractivity contribution in [3.63, 3.8) is 0 Å². The minimum Gasteiger partial charge on any atom is -0.481 e. The van der Waals surface area contributed by atoms with Gasteiger partial charge < -0.3 is 15.2 Å². The average molecular weight is 442 g/mol. The number of aryl methyl sites for hydroxylation is 1. The molecule has 1 aliphatic heterocycles. The molecule has 1 fully saturated rings. The third kappa shape index (κ3) is 3.38. The number of rotatable bonds is 5. The zero-order valence-corrected chi connectivity index (χ0v) is 16.9. The quantitative estimate of drug-likeness (QED) is 0.633. The van der Waals surface area contributed by atoms with Crippen LogP contribution in [-0.4, -0.2) is 51.5 Å². The summed E-state index contributed by atoms with van der Waals surface area (Å²) in [5.74, 6) is -0.348. The summed E-state index contributed by atoms with van der Waals surface area (Å²) in [6, 6.07) is 4.87. The Kier molecular flexibility index (Phi) is 5.11. The zero-order valence-electron chi connectivity index (χ0n) is 16.2. The standard InChI is InChI=1S/C19H19ClF3N5O2/c1-28-15(9-25-27-28)19(29,11-7-24-8-11)10-3-4-14-12(5-10)16(20)13(6-18(21,22)23)17(26-14)30-2/h3-5,9,11,24,29H,6-8H2,1-2H3. The molecule has 0 saturated carbocycles. The Morgan fingerprint density at radius 3 is 2.60 bits per heavy atom. The lowest BCUT2D eigenvalue weighted by Crippen LogP contribution is -2.55. The number of methoxy groups -OCH3 is 1. The van der Waals surface area contributed by atoms with Gasteiger partial charge in [-0.25, -0.2) is 9.67 Å². The average Bonchev–Trinajstić information content (AvgIpc) is 3.07. The second kappa shape index (κ2) is 7.36. The highest BCUT2D eigenvalue weighted by Gasteiger charge is 2.46. The van der Waals surface area contributed by atoms with E-state index in [1.807, 2.05) is 0 Å². The van der Waals surface area contributed by atoms with Crippen LogP contribution < -0.4 is 10.1 Å². The number of nitrogens with one attached hydrogen (secondary N) is 1. The minimum atomic E-state index is -4.48. The molecule has 160 valence electrons. The maximum absolute atomic E-state index is 13.1. The van der Waals surface area contributed by atoms with Crippen molar-refractivity contribution in [2.75, 3.05) is 20.2 Å². The third-order valence-electron chi connectivity index (χ3n) is 5.47. The molecule has 0 radical (unpaired) electrons. The molecule has 11 heteroatoms. The number of fused-ring (bicyclic) bond motifs is 1. The van der Waals surface area contributed by atoms with E-state index in [9.17, 15) is 18.3 Å². The maximum Gasteiger partial charge on any atom is 0.393 e. The fourth-order valence-corrected chi connectivity index (χ4v) is 4.11. The normalized spacial score (nSPS) is 17.0. The monoisotopic (exact) mass is 441 g/mol. The van der Waals surface area contributed by atoms with Gasteiger partial charge in [-0.05, 0) is 17.7 Å². The molecule has 1 unspecified atom stereocenters. The summed E-state index contributed by atoms with van der Waals surface area (Å²) in [5, 5.41) is 22.8. The van der Waals surface area contributed by atoms with E-state index >= 15 is 0 Å². The molecule has 2 aromatic heterocycles. The molecule has 0 spiro atoms. The molecule has 1 aromatic carbocycles. The molecule has 3 aromatic rings. The van der Waals surface area contributed by atoms with Gasteiger partial charge in [-0.2, -0.15) is 13.2 Å². The van der Waals surface area contributed by atoms with Crippen LogP contribution in [0.5, 0.6) is 5.88 Å². The highest BCUT2D eigenvalue weighted by atomic mass is 35.5. The number of aliphatic hydroxyl groups is 1. The van der Waals surface area contributed by atoms with Crippen LogP contribution in [0, 0.1) is 5.92 Å². The molecular weight excluding hydrogens is 423 g/mol. The molecule has 4 rings (SSSR count). The summed E-state index contributed by atoms with van der Waals surface area (Å²) in [7, 11) is 2.91. The van der Waals surface area contributed by atoms with E-state index in [2.05, 4.69) is 20.6 Å². The highest BCUT2D eigenvalue weighted by Crippen LogP contribution is 2.42. The molecule has 3 heterocycles. The first-order valence-electron chi connectivity index (χ1n) is 9.16. The van der Waals surface area contributed by atoms with Crippen LogP contribution >= 0.6 is 11.6 Å². The van der Waals surface area contributed by atoms with Crippen molar-refractivity contribution in [1.29, 1.82) is 0 Å². The lowest BCUT2D eigenvalue weighted by Gasteiger charge is -2.42. The Hall–Kier alpha value is -2.43. The van der Waals surface area contributed by atoms with Crippen LogP contribution in [0.15, 0.2) is 24.4 Å². The van der Waals surface area contributed by atoms with Gasteiger partial charge in [0.1, 0.15) is 5.60 Å². The second-order valence-corrected chi connectivity index (χ2v) is 7.68. The lowest BCUT2D eigenvalue weighted by molar-refractivity contribution is -0.127. The topological polar surface area (TPSA) is 85.1 Å². The van der Waals surface area contributed by atoms with Crippen LogP contribution in [0.25, 0.3) is 10.9 Å². The fourth-order valence-electron chi connectivity index (χ4n) is 3.81. The summed E-state index contributed by atoms with van der Waals surface area (Å²) < 4.78 is 45.8. The number of nitrogens with zero attached hydrogens (tertiary/aromatic N) is 4. The Morgan fingerprint density at radius 2 is 2.07 bits per heavy atom. The van der Waals surface area contributed by atoms with E-state index in [0.29, 0.717) is 35.2 Å². The van der Waals surface area contributed by atoms with Crippen molar-refractivity contribution in [1.82, 2.24) is 25.3 Å². The van der Waals surface area contributed by atoms with E-state index in [-0.39, 0.29) is 22.4 Å². The summed E-state index contributed by atoms with van der Waals surface area (Å²) in [6.45, 7) is 1.13. The van der Waals surface area contributed by atoms with Gasteiger partial charge in [0.2, 0.25) is 5.88 Å². The van der Waals surface area contributed by atoms with Crippen LogP contribution in [-0.2, 0) is 19.1 Å². The number of halogens is 4. The van der Waals surface area contributed by atoms with Crippen molar-refractivity contribution >= 4 is 22.5 Å². The van der Waals surface area contributed by atoms with Gasteiger partial charge in [0, 0.05) is 37.0 Å². The first kappa shape index (κ1) is 20.8. The van der Waals surface area contributed by atoms with Gasteiger partial charge in [0.05, 0.1) is 36.0 Å². The predicted octanol–water partition coefficient (Wildman–Crippen LogP) is 2.59. The number of aromatic nitrogens is 4. The molecular formula is C19H19ClF3N5O2. The molecule has 30 heavy (non-hydrogen) atoms. The molecule has 2 N–H and O–H groups in total. The minimum absolute atomic E-state index is 0.103. The second-order valence-electron chi connectivity index (χ2n) is 7.30. The van der Waals surface area contributed by atoms with Crippen molar-refractivity contribution in [3.05, 3.63) is 46.2 Å². The Morgan fingerprint density at radius 1 is 1.33 bits per heavy atom. The molecule has 1 aliphatic rings. The van der Waals surface area contributed by atoms with Crippen molar-refractivity contribution in [2.24, 2.45) is 13.0 Å². The first-order valence-corrected chi connectivity index (χ1v) is 9.54. The van der Waals surface area contributed by atoms with E-state index in [4.69, 9.17) is 16.3 Å². The van der Waals surface area contributed by atoms with Gasteiger partial charge >= 0.3 is 6.18 Å². The number of pyridine rings is 1. The largest absolute Gasteiger partial charge is 0.481 e. The lowest BCUT2D eigenvalue weighted by atomic mass is 9.75. The predicted molar refractivity (Wildman–Crippen MR) is 103 cm³/mol. The fraction of sp³-hybridized carbons (Fsp3) is 0.421. The summed E-state index contributed by atoms with van der Waals surface area (Å²) in [6.07, 6.45) is -4.28. The smallest absolute Gasteiger partial charge is 0.393 e. The van der Waals surface area contributed by atoms with Crippen molar-refractivity contribution in [2.45, 2.75) is 18.2 Å².